The highest BCUT2D eigenvalue weighted by Crippen LogP contribution is 2.44. The van der Waals surface area contributed by atoms with Crippen molar-refractivity contribution in [3.63, 3.8) is 0 Å². The predicted molar refractivity (Wildman–Crippen MR) is 71.2 cm³/mol. The summed E-state index contributed by atoms with van der Waals surface area (Å²) in [5, 5.41) is 9.52. The van der Waals surface area contributed by atoms with Gasteiger partial charge in [0.1, 0.15) is 11.6 Å². The first-order valence-corrected chi connectivity index (χ1v) is 7.07. The molecule has 0 saturated heterocycles. The molecule has 1 N–H and O–H groups in total. The number of hydrogen-bond acceptors (Lipinski definition) is 1. The lowest BCUT2D eigenvalue weighted by molar-refractivity contribution is -0.145. The number of halogens is 3. The number of aliphatic carboxylic acids is 1. The van der Waals surface area contributed by atoms with Crippen molar-refractivity contribution in [3.05, 3.63) is 33.3 Å². The molecule has 0 unspecified atom stereocenters. The van der Waals surface area contributed by atoms with E-state index >= 15 is 0 Å². The Balaban J connectivity index is 2.70. The Morgan fingerprint density at radius 1 is 1.26 bits per heavy atom. The van der Waals surface area contributed by atoms with Crippen LogP contribution in [0.25, 0.3) is 0 Å². The van der Waals surface area contributed by atoms with Crippen LogP contribution in [-0.4, -0.2) is 11.1 Å². The van der Waals surface area contributed by atoms with Gasteiger partial charge in [-0.15, -0.1) is 0 Å². The summed E-state index contributed by atoms with van der Waals surface area (Å²) in [6.45, 7) is 1.52. The maximum Gasteiger partial charge on any atom is 0.314 e. The van der Waals surface area contributed by atoms with Crippen LogP contribution in [0.15, 0.2) is 10.5 Å². The van der Waals surface area contributed by atoms with Crippen LogP contribution in [-0.2, 0) is 10.2 Å². The zero-order valence-corrected chi connectivity index (χ0v) is 12.2. The maximum absolute atomic E-state index is 14.3. The van der Waals surface area contributed by atoms with E-state index in [2.05, 4.69) is 15.9 Å². The Kier molecular flexibility index (Phi) is 3.95. The van der Waals surface area contributed by atoms with Gasteiger partial charge in [-0.1, -0.05) is 19.3 Å². The molecule has 2 rings (SSSR count). The summed E-state index contributed by atoms with van der Waals surface area (Å²) in [6, 6.07) is 1.34. The first-order valence-electron chi connectivity index (χ1n) is 6.28. The summed E-state index contributed by atoms with van der Waals surface area (Å²) < 4.78 is 28.7. The monoisotopic (exact) mass is 332 g/mol. The van der Waals surface area contributed by atoms with Crippen molar-refractivity contribution >= 4 is 21.9 Å². The van der Waals surface area contributed by atoms with Crippen molar-refractivity contribution in [2.24, 2.45) is 0 Å². The van der Waals surface area contributed by atoms with E-state index in [9.17, 15) is 18.7 Å². The normalized spacial score (nSPS) is 18.3. The SMILES string of the molecule is Cc1cc(Br)c(F)c(C2(C(=O)O)CCCCC2)c1F. The lowest BCUT2D eigenvalue weighted by Crippen LogP contribution is -2.39. The second-order valence-corrected chi connectivity index (χ2v) is 5.98. The molecule has 0 atom stereocenters. The molecule has 0 radical (unpaired) electrons. The molecule has 1 saturated carbocycles. The summed E-state index contributed by atoms with van der Waals surface area (Å²) in [4.78, 5) is 11.7. The van der Waals surface area contributed by atoms with E-state index in [1.165, 1.54) is 13.0 Å². The van der Waals surface area contributed by atoms with E-state index < -0.39 is 23.0 Å². The van der Waals surface area contributed by atoms with Gasteiger partial charge in [0.15, 0.2) is 0 Å². The van der Waals surface area contributed by atoms with Crippen molar-refractivity contribution in [2.75, 3.05) is 0 Å². The average Bonchev–Trinajstić information content (AvgIpc) is 2.37. The molecule has 0 aliphatic heterocycles. The standard InChI is InChI=1S/C14H15BrF2O2/c1-8-7-9(15)12(17)10(11(8)16)14(13(18)19)5-3-2-4-6-14/h7H,2-6H2,1H3,(H,18,19). The fraction of sp³-hybridized carbons (Fsp3) is 0.500. The Morgan fingerprint density at radius 2 is 1.84 bits per heavy atom. The number of rotatable bonds is 2. The highest BCUT2D eigenvalue weighted by Gasteiger charge is 2.45. The predicted octanol–water partition coefficient (Wildman–Crippen LogP) is 4.32. The highest BCUT2D eigenvalue weighted by atomic mass is 79.9. The van der Waals surface area contributed by atoms with Gasteiger partial charge in [0.25, 0.3) is 0 Å². The molecule has 1 fully saturated rings. The minimum atomic E-state index is -1.43. The van der Waals surface area contributed by atoms with Crippen molar-refractivity contribution in [3.8, 4) is 0 Å². The van der Waals surface area contributed by atoms with Crippen molar-refractivity contribution in [1.29, 1.82) is 0 Å². The fourth-order valence-electron chi connectivity index (χ4n) is 2.88. The second kappa shape index (κ2) is 5.19. The van der Waals surface area contributed by atoms with Gasteiger partial charge < -0.3 is 5.11 Å². The third-order valence-electron chi connectivity index (χ3n) is 3.93. The van der Waals surface area contributed by atoms with Gasteiger partial charge in [0, 0.05) is 5.56 Å². The molecule has 0 bridgehead atoms. The van der Waals surface area contributed by atoms with Crippen LogP contribution in [0.1, 0.15) is 43.2 Å². The number of hydrogen-bond donors (Lipinski definition) is 1. The lowest BCUT2D eigenvalue weighted by Gasteiger charge is -2.34. The molecule has 0 amide bonds. The Bertz CT molecular complexity index is 496. The molecule has 19 heavy (non-hydrogen) atoms. The van der Waals surface area contributed by atoms with E-state index in [1.54, 1.807) is 0 Å². The lowest BCUT2D eigenvalue weighted by atomic mass is 9.69. The topological polar surface area (TPSA) is 37.3 Å². The van der Waals surface area contributed by atoms with E-state index in [-0.39, 0.29) is 28.4 Å². The van der Waals surface area contributed by atoms with E-state index in [0.29, 0.717) is 12.8 Å². The molecule has 0 heterocycles. The van der Waals surface area contributed by atoms with Gasteiger partial charge in [-0.25, -0.2) is 8.78 Å². The summed E-state index contributed by atoms with van der Waals surface area (Å²) in [6.07, 6.45) is 2.83. The Labute approximate surface area is 118 Å². The molecular weight excluding hydrogens is 318 g/mol. The van der Waals surface area contributed by atoms with Crippen molar-refractivity contribution < 1.29 is 18.7 Å². The van der Waals surface area contributed by atoms with E-state index in [0.717, 1.165) is 6.42 Å². The van der Waals surface area contributed by atoms with Gasteiger partial charge >= 0.3 is 5.97 Å². The quantitative estimate of drug-likeness (QED) is 0.819. The molecule has 0 spiro atoms. The third-order valence-corrected chi connectivity index (χ3v) is 4.51. The molecule has 2 nitrogen and oxygen atoms in total. The molecule has 0 aromatic heterocycles. The van der Waals surface area contributed by atoms with Crippen LogP contribution in [0.4, 0.5) is 8.78 Å². The minimum Gasteiger partial charge on any atom is -0.481 e. The fourth-order valence-corrected chi connectivity index (χ4v) is 3.42. The molecule has 1 aliphatic carbocycles. The average molecular weight is 333 g/mol. The van der Waals surface area contributed by atoms with Crippen LogP contribution >= 0.6 is 15.9 Å². The summed E-state index contributed by atoms with van der Waals surface area (Å²) >= 11 is 3.04. The van der Waals surface area contributed by atoms with Crippen LogP contribution in [0.5, 0.6) is 0 Å². The molecule has 1 aliphatic rings. The van der Waals surface area contributed by atoms with Crippen molar-refractivity contribution in [2.45, 2.75) is 44.4 Å². The second-order valence-electron chi connectivity index (χ2n) is 5.13. The van der Waals surface area contributed by atoms with Gasteiger partial charge in [0.05, 0.1) is 9.89 Å². The number of benzene rings is 1. The van der Waals surface area contributed by atoms with Gasteiger partial charge in [0.2, 0.25) is 0 Å². The third kappa shape index (κ3) is 2.29. The van der Waals surface area contributed by atoms with Crippen LogP contribution < -0.4 is 0 Å². The minimum absolute atomic E-state index is 0.118. The van der Waals surface area contributed by atoms with E-state index in [1.807, 2.05) is 0 Å². The molecule has 1 aromatic rings. The zero-order valence-electron chi connectivity index (χ0n) is 10.6. The number of carboxylic acid groups (broad SMARTS) is 1. The van der Waals surface area contributed by atoms with Crippen LogP contribution in [0.2, 0.25) is 0 Å². The van der Waals surface area contributed by atoms with E-state index in [4.69, 9.17) is 0 Å². The number of carbonyl (C=O) groups is 1. The van der Waals surface area contributed by atoms with Gasteiger partial charge in [-0.05, 0) is 47.3 Å². The first-order chi connectivity index (χ1) is 8.90. The summed E-state index contributed by atoms with van der Waals surface area (Å²) in [5.74, 6) is -2.65. The Morgan fingerprint density at radius 3 is 2.37 bits per heavy atom. The molecular formula is C14H15BrF2O2. The molecule has 1 aromatic carbocycles. The highest BCUT2D eigenvalue weighted by molar-refractivity contribution is 9.10. The number of carboxylic acids is 1. The van der Waals surface area contributed by atoms with Crippen molar-refractivity contribution in [1.82, 2.24) is 0 Å². The zero-order chi connectivity index (χ0) is 14.2. The van der Waals surface area contributed by atoms with Crippen LogP contribution in [0, 0.1) is 18.6 Å². The molecule has 104 valence electrons. The van der Waals surface area contributed by atoms with Crippen LogP contribution in [0.3, 0.4) is 0 Å². The maximum atomic E-state index is 14.3. The van der Waals surface area contributed by atoms with Gasteiger partial charge in [-0.2, -0.15) is 0 Å². The smallest absolute Gasteiger partial charge is 0.314 e. The first kappa shape index (κ1) is 14.4. The largest absolute Gasteiger partial charge is 0.481 e. The summed E-state index contributed by atoms with van der Waals surface area (Å²) in [5.41, 5.74) is -1.46. The Hall–Kier alpha value is -0.970. The van der Waals surface area contributed by atoms with Gasteiger partial charge in [-0.3, -0.25) is 4.79 Å². The molecule has 5 heteroatoms. The summed E-state index contributed by atoms with van der Waals surface area (Å²) in [7, 11) is 0. The number of aryl methyl sites for hydroxylation is 1.